The zero-order valence-electron chi connectivity index (χ0n) is 22.8. The molecule has 6 nitrogen and oxygen atoms in total. The summed E-state index contributed by atoms with van der Waals surface area (Å²) < 4.78 is 18.9. The largest absolute Gasteiger partial charge is 0.465 e. The van der Waals surface area contributed by atoms with Gasteiger partial charge in [0.05, 0.1) is 34.1 Å². The Morgan fingerprint density at radius 1 is 1.07 bits per heavy atom. The number of hydrogen-bond donors (Lipinski definition) is 1. The van der Waals surface area contributed by atoms with Crippen molar-refractivity contribution in [1.29, 1.82) is 0 Å². The number of methoxy groups -OCH3 is 1. The third-order valence-electron chi connectivity index (χ3n) is 7.57. The lowest BCUT2D eigenvalue weighted by atomic mass is 9.88. The smallest absolute Gasteiger partial charge is 0.337 e. The van der Waals surface area contributed by atoms with Crippen molar-refractivity contribution in [2.45, 2.75) is 39.8 Å². The number of hydrogen-bond acceptors (Lipinski definition) is 4. The summed E-state index contributed by atoms with van der Waals surface area (Å²) in [6, 6.07) is 11.8. The molecule has 3 aromatic rings. The number of benzene rings is 3. The number of amides is 2. The van der Waals surface area contributed by atoms with Crippen molar-refractivity contribution in [3.8, 4) is 11.1 Å². The van der Waals surface area contributed by atoms with Gasteiger partial charge in [-0.05, 0) is 91.4 Å². The predicted molar refractivity (Wildman–Crippen MR) is 158 cm³/mol. The lowest BCUT2D eigenvalue weighted by molar-refractivity contribution is 0.0600. The van der Waals surface area contributed by atoms with Gasteiger partial charge in [-0.3, -0.25) is 9.80 Å². The third-order valence-corrected chi connectivity index (χ3v) is 8.14. The number of urea groups is 1. The van der Waals surface area contributed by atoms with E-state index in [0.29, 0.717) is 11.7 Å². The normalized spacial score (nSPS) is 15.6. The summed E-state index contributed by atoms with van der Waals surface area (Å²) >= 11 is 13.3. The molecule has 2 heterocycles. The van der Waals surface area contributed by atoms with Crippen LogP contribution in [0.25, 0.3) is 16.7 Å². The van der Waals surface area contributed by atoms with Crippen LogP contribution in [-0.2, 0) is 11.3 Å². The average Bonchev–Trinajstić information content (AvgIpc) is 2.92. The van der Waals surface area contributed by atoms with E-state index in [0.717, 1.165) is 47.3 Å². The fraction of sp³-hybridized carbons (Fsp3) is 0.290. The number of nitrogens with zero attached hydrogens (tertiary/aromatic N) is 2. The van der Waals surface area contributed by atoms with Crippen LogP contribution in [0.4, 0.5) is 20.6 Å². The molecular weight excluding hydrogens is 552 g/mol. The number of rotatable bonds is 5. The van der Waals surface area contributed by atoms with Crippen LogP contribution >= 0.6 is 23.2 Å². The van der Waals surface area contributed by atoms with Gasteiger partial charge in [-0.25, -0.2) is 14.0 Å². The summed E-state index contributed by atoms with van der Waals surface area (Å²) in [5, 5.41) is 3.19. The van der Waals surface area contributed by atoms with Crippen LogP contribution in [0.5, 0.6) is 0 Å². The van der Waals surface area contributed by atoms with Gasteiger partial charge in [0.1, 0.15) is 5.82 Å². The van der Waals surface area contributed by atoms with E-state index in [4.69, 9.17) is 27.9 Å². The number of carbonyl (C=O) groups excluding carboxylic acids is 2. The Labute approximate surface area is 243 Å². The molecule has 0 aromatic heterocycles. The molecule has 0 radical (unpaired) electrons. The highest BCUT2D eigenvalue weighted by Crippen LogP contribution is 2.46. The van der Waals surface area contributed by atoms with Crippen LogP contribution in [0.1, 0.15) is 47.3 Å². The quantitative estimate of drug-likeness (QED) is 0.313. The van der Waals surface area contributed by atoms with E-state index in [-0.39, 0.29) is 33.7 Å². The van der Waals surface area contributed by atoms with Gasteiger partial charge in [-0.15, -0.1) is 0 Å². The number of esters is 1. The minimum Gasteiger partial charge on any atom is -0.465 e. The van der Waals surface area contributed by atoms with Crippen molar-refractivity contribution >= 4 is 52.2 Å². The molecule has 208 valence electrons. The Hall–Kier alpha value is -3.39. The van der Waals surface area contributed by atoms with E-state index >= 15 is 0 Å². The van der Waals surface area contributed by atoms with E-state index in [2.05, 4.69) is 36.2 Å². The molecule has 0 fully saturated rings. The molecule has 0 aliphatic carbocycles. The first-order valence-corrected chi connectivity index (χ1v) is 13.9. The SMILES string of the molecule is COC(=O)c1cc(Cl)c(N2C(=O)NCc3c(-c4ccc(F)cc4C)cc(C4=CCN(C(C)C)CC4)cc32)c(Cl)c1. The third kappa shape index (κ3) is 5.21. The van der Waals surface area contributed by atoms with Gasteiger partial charge in [0.25, 0.3) is 0 Å². The minimum absolute atomic E-state index is 0.130. The van der Waals surface area contributed by atoms with Gasteiger partial charge < -0.3 is 10.1 Å². The zero-order valence-corrected chi connectivity index (χ0v) is 24.3. The van der Waals surface area contributed by atoms with Crippen LogP contribution < -0.4 is 10.2 Å². The zero-order chi connectivity index (χ0) is 28.7. The maximum Gasteiger partial charge on any atom is 0.337 e. The van der Waals surface area contributed by atoms with Crippen molar-refractivity contribution in [3.05, 3.63) is 86.7 Å². The molecule has 3 aromatic carbocycles. The van der Waals surface area contributed by atoms with Crippen molar-refractivity contribution in [2.24, 2.45) is 0 Å². The monoisotopic (exact) mass is 581 g/mol. The van der Waals surface area contributed by atoms with Crippen molar-refractivity contribution in [3.63, 3.8) is 0 Å². The number of anilines is 2. The van der Waals surface area contributed by atoms with E-state index in [9.17, 15) is 14.0 Å². The summed E-state index contributed by atoms with van der Waals surface area (Å²) in [6.45, 7) is 8.25. The summed E-state index contributed by atoms with van der Waals surface area (Å²) in [5.41, 5.74) is 6.60. The van der Waals surface area contributed by atoms with Gasteiger partial charge in [0.15, 0.2) is 0 Å². The standard InChI is InChI=1S/C31H30Cl2FN3O3/c1-17(2)36-9-7-19(8-10-36)20-12-24(23-6-5-22(34)11-18(23)3)25-16-35-31(39)37(28(25)15-20)29-26(32)13-21(14-27(29)33)30(38)40-4/h5-7,11-15,17H,8-10,16H2,1-4H3,(H,35,39). The molecule has 2 aliphatic rings. The number of fused-ring (bicyclic) bond motifs is 1. The van der Waals surface area contributed by atoms with E-state index < -0.39 is 12.0 Å². The second-order valence-electron chi connectivity index (χ2n) is 10.3. The molecule has 0 unspecified atom stereocenters. The molecule has 40 heavy (non-hydrogen) atoms. The lowest BCUT2D eigenvalue weighted by Crippen LogP contribution is -2.42. The average molecular weight is 583 g/mol. The predicted octanol–water partition coefficient (Wildman–Crippen LogP) is 7.75. The highest BCUT2D eigenvalue weighted by Gasteiger charge is 2.32. The molecule has 0 spiro atoms. The van der Waals surface area contributed by atoms with Crippen molar-refractivity contribution < 1.29 is 18.7 Å². The van der Waals surface area contributed by atoms with Gasteiger partial charge in [0.2, 0.25) is 0 Å². The van der Waals surface area contributed by atoms with Gasteiger partial charge in [-0.1, -0.05) is 35.3 Å². The topological polar surface area (TPSA) is 61.9 Å². The van der Waals surface area contributed by atoms with Crippen LogP contribution in [0, 0.1) is 12.7 Å². The second kappa shape index (κ2) is 11.2. The number of ether oxygens (including phenoxy) is 1. The Balaban J connectivity index is 1.73. The summed E-state index contributed by atoms with van der Waals surface area (Å²) in [5.74, 6) is -0.899. The number of halogens is 3. The summed E-state index contributed by atoms with van der Waals surface area (Å²) in [6.07, 6.45) is 3.07. The highest BCUT2D eigenvalue weighted by molar-refractivity contribution is 6.41. The molecule has 0 atom stereocenters. The maximum absolute atomic E-state index is 14.1. The molecule has 2 aliphatic heterocycles. The minimum atomic E-state index is -0.588. The Kier molecular flexibility index (Phi) is 7.91. The van der Waals surface area contributed by atoms with Gasteiger partial charge >= 0.3 is 12.0 Å². The van der Waals surface area contributed by atoms with Gasteiger partial charge in [-0.2, -0.15) is 0 Å². The Morgan fingerprint density at radius 2 is 1.80 bits per heavy atom. The number of aryl methyl sites for hydroxylation is 1. The molecule has 0 bridgehead atoms. The molecular formula is C31H30Cl2FN3O3. The summed E-state index contributed by atoms with van der Waals surface area (Å²) in [7, 11) is 1.27. The van der Waals surface area contributed by atoms with Crippen LogP contribution in [0.2, 0.25) is 10.0 Å². The van der Waals surface area contributed by atoms with E-state index in [1.807, 2.05) is 13.0 Å². The lowest BCUT2D eigenvalue weighted by Gasteiger charge is -2.34. The highest BCUT2D eigenvalue weighted by atomic mass is 35.5. The number of carbonyl (C=O) groups is 2. The van der Waals surface area contributed by atoms with E-state index in [1.165, 1.54) is 41.8 Å². The maximum atomic E-state index is 14.1. The van der Waals surface area contributed by atoms with Crippen LogP contribution in [0.3, 0.4) is 0 Å². The molecule has 5 rings (SSSR count). The number of nitrogens with one attached hydrogen (secondary N) is 1. The molecule has 1 N–H and O–H groups in total. The summed E-state index contributed by atoms with van der Waals surface area (Å²) in [4.78, 5) is 29.4. The van der Waals surface area contributed by atoms with Crippen LogP contribution in [0.15, 0.2) is 48.5 Å². The molecule has 2 amide bonds. The van der Waals surface area contributed by atoms with Crippen LogP contribution in [-0.4, -0.2) is 43.1 Å². The molecule has 0 saturated carbocycles. The van der Waals surface area contributed by atoms with Crippen molar-refractivity contribution in [1.82, 2.24) is 10.2 Å². The fourth-order valence-electron chi connectivity index (χ4n) is 5.40. The molecule has 0 saturated heterocycles. The Bertz CT molecular complexity index is 1530. The van der Waals surface area contributed by atoms with Gasteiger partial charge in [0, 0.05) is 31.2 Å². The second-order valence-corrected chi connectivity index (χ2v) is 11.1. The molecule has 9 heteroatoms. The van der Waals surface area contributed by atoms with E-state index in [1.54, 1.807) is 6.07 Å². The first-order chi connectivity index (χ1) is 19.1. The van der Waals surface area contributed by atoms with Crippen molar-refractivity contribution in [2.75, 3.05) is 25.1 Å². The first-order valence-electron chi connectivity index (χ1n) is 13.1. The fourth-order valence-corrected chi connectivity index (χ4v) is 6.06. The Morgan fingerprint density at radius 3 is 2.40 bits per heavy atom. The first kappa shape index (κ1) is 28.1.